The molecule has 3 unspecified atom stereocenters. The summed E-state index contributed by atoms with van der Waals surface area (Å²) in [7, 11) is 0. The molecule has 94 valence electrons. The molecule has 1 N–H and O–H groups in total. The zero-order chi connectivity index (χ0) is 11.7. The van der Waals surface area contributed by atoms with Crippen LogP contribution in [0, 0.1) is 11.8 Å². The van der Waals surface area contributed by atoms with Crippen LogP contribution in [0.2, 0.25) is 0 Å². The summed E-state index contributed by atoms with van der Waals surface area (Å²) in [4.78, 5) is 2.72. The second kappa shape index (κ2) is 5.05. The van der Waals surface area contributed by atoms with Crippen LogP contribution in [0.3, 0.4) is 0 Å². The molecule has 2 nitrogen and oxygen atoms in total. The summed E-state index contributed by atoms with van der Waals surface area (Å²) in [6.45, 7) is 11.9. The van der Waals surface area contributed by atoms with Crippen molar-refractivity contribution in [3.8, 4) is 0 Å². The minimum Gasteiger partial charge on any atom is -0.312 e. The van der Waals surface area contributed by atoms with E-state index in [1.165, 1.54) is 32.4 Å². The van der Waals surface area contributed by atoms with Gasteiger partial charge in [-0.3, -0.25) is 4.90 Å². The van der Waals surface area contributed by atoms with E-state index in [4.69, 9.17) is 0 Å². The van der Waals surface area contributed by atoms with Gasteiger partial charge in [0.25, 0.3) is 0 Å². The van der Waals surface area contributed by atoms with E-state index in [1.807, 2.05) is 0 Å². The number of nitrogens with one attached hydrogen (secondary N) is 1. The molecule has 0 bridgehead atoms. The summed E-state index contributed by atoms with van der Waals surface area (Å²) in [5.41, 5.74) is 0. The van der Waals surface area contributed by atoms with Crippen LogP contribution in [0.25, 0.3) is 0 Å². The third-order valence-electron chi connectivity index (χ3n) is 4.51. The lowest BCUT2D eigenvalue weighted by atomic mass is 9.98. The average Bonchev–Trinajstić information content (AvgIpc) is 3.00. The second-order valence-electron chi connectivity index (χ2n) is 6.34. The molecule has 2 rings (SSSR count). The molecule has 0 radical (unpaired) electrons. The summed E-state index contributed by atoms with van der Waals surface area (Å²) in [6, 6.07) is 2.49. The lowest BCUT2D eigenvalue weighted by Crippen LogP contribution is -2.37. The van der Waals surface area contributed by atoms with Gasteiger partial charge in [-0.15, -0.1) is 0 Å². The Morgan fingerprint density at radius 1 is 1.25 bits per heavy atom. The quantitative estimate of drug-likeness (QED) is 0.772. The minimum atomic E-state index is 0.747. The van der Waals surface area contributed by atoms with Crippen molar-refractivity contribution in [1.82, 2.24) is 10.2 Å². The zero-order valence-electron chi connectivity index (χ0n) is 11.4. The molecule has 1 aliphatic carbocycles. The van der Waals surface area contributed by atoms with Crippen LogP contribution in [0.15, 0.2) is 0 Å². The Balaban J connectivity index is 1.71. The first-order valence-electron chi connectivity index (χ1n) is 7.07. The predicted molar refractivity (Wildman–Crippen MR) is 69.6 cm³/mol. The van der Waals surface area contributed by atoms with Crippen LogP contribution in [-0.4, -0.2) is 36.1 Å². The van der Waals surface area contributed by atoms with E-state index in [1.54, 1.807) is 0 Å². The van der Waals surface area contributed by atoms with Crippen LogP contribution in [0.4, 0.5) is 0 Å². The van der Waals surface area contributed by atoms with Crippen molar-refractivity contribution < 1.29 is 0 Å². The lowest BCUT2D eigenvalue weighted by Gasteiger charge is -2.21. The molecule has 16 heavy (non-hydrogen) atoms. The Bertz CT molecular complexity index is 223. The van der Waals surface area contributed by atoms with Gasteiger partial charge >= 0.3 is 0 Å². The highest BCUT2D eigenvalue weighted by atomic mass is 15.3. The monoisotopic (exact) mass is 224 g/mol. The molecule has 1 saturated heterocycles. The summed E-state index contributed by atoms with van der Waals surface area (Å²) in [6.07, 6.45) is 4.24. The highest BCUT2D eigenvalue weighted by Gasteiger charge is 2.38. The Morgan fingerprint density at radius 3 is 2.50 bits per heavy atom. The molecule has 1 heterocycles. The third kappa shape index (κ3) is 2.98. The van der Waals surface area contributed by atoms with Crippen LogP contribution < -0.4 is 5.32 Å². The van der Waals surface area contributed by atoms with Gasteiger partial charge in [-0.1, -0.05) is 20.8 Å². The van der Waals surface area contributed by atoms with Gasteiger partial charge in [-0.25, -0.2) is 0 Å². The van der Waals surface area contributed by atoms with E-state index >= 15 is 0 Å². The van der Waals surface area contributed by atoms with Gasteiger partial charge in [0.05, 0.1) is 0 Å². The van der Waals surface area contributed by atoms with Gasteiger partial charge in [0.2, 0.25) is 0 Å². The maximum atomic E-state index is 3.76. The normalized spacial score (nSPS) is 33.6. The van der Waals surface area contributed by atoms with Gasteiger partial charge in [0, 0.05) is 24.7 Å². The molecule has 3 atom stereocenters. The number of rotatable bonds is 5. The lowest BCUT2D eigenvalue weighted by molar-refractivity contribution is 0.254. The van der Waals surface area contributed by atoms with E-state index in [0.29, 0.717) is 0 Å². The molecule has 0 aromatic rings. The fraction of sp³-hybridized carbons (Fsp3) is 1.00. The predicted octanol–water partition coefficient (Wildman–Crippen LogP) is 2.49. The molecule has 0 spiro atoms. The number of hydrogen-bond donors (Lipinski definition) is 1. The molecule has 2 fully saturated rings. The van der Waals surface area contributed by atoms with E-state index in [0.717, 1.165) is 30.0 Å². The van der Waals surface area contributed by atoms with Gasteiger partial charge in [-0.05, 0) is 44.6 Å². The number of nitrogens with zero attached hydrogens (tertiary/aromatic N) is 1. The SMILES string of the molecule is CC(C)C(C)CNC1CC(C)N(C2CC2)C1. The van der Waals surface area contributed by atoms with Crippen LogP contribution >= 0.6 is 0 Å². The first-order chi connectivity index (χ1) is 7.58. The van der Waals surface area contributed by atoms with Gasteiger partial charge in [-0.2, -0.15) is 0 Å². The van der Waals surface area contributed by atoms with Crippen LogP contribution in [-0.2, 0) is 0 Å². The Morgan fingerprint density at radius 2 is 1.94 bits per heavy atom. The molecule has 0 aromatic carbocycles. The van der Waals surface area contributed by atoms with Crippen molar-refractivity contribution >= 4 is 0 Å². The van der Waals surface area contributed by atoms with Crippen molar-refractivity contribution in [3.05, 3.63) is 0 Å². The Kier molecular flexibility index (Phi) is 3.91. The maximum absolute atomic E-state index is 3.76. The number of likely N-dealkylation sites (tertiary alicyclic amines) is 1. The standard InChI is InChI=1S/C14H28N2/c1-10(2)11(3)8-15-13-7-12(4)16(9-13)14-5-6-14/h10-15H,5-9H2,1-4H3. The second-order valence-corrected chi connectivity index (χ2v) is 6.34. The highest BCUT2D eigenvalue weighted by molar-refractivity contribution is 4.96. The topological polar surface area (TPSA) is 15.3 Å². The molecule has 2 heteroatoms. The van der Waals surface area contributed by atoms with E-state index in [9.17, 15) is 0 Å². The van der Waals surface area contributed by atoms with E-state index in [2.05, 4.69) is 37.9 Å². The molecule has 1 saturated carbocycles. The van der Waals surface area contributed by atoms with Gasteiger partial charge in [0.1, 0.15) is 0 Å². The first kappa shape index (κ1) is 12.4. The Hall–Kier alpha value is -0.0800. The smallest absolute Gasteiger partial charge is 0.0210 e. The Labute approximate surface area is 101 Å². The molecule has 2 aliphatic rings. The molecular formula is C14H28N2. The van der Waals surface area contributed by atoms with Gasteiger partial charge in [0.15, 0.2) is 0 Å². The molecular weight excluding hydrogens is 196 g/mol. The summed E-state index contributed by atoms with van der Waals surface area (Å²) < 4.78 is 0. The maximum Gasteiger partial charge on any atom is 0.0210 e. The average molecular weight is 224 g/mol. The largest absolute Gasteiger partial charge is 0.312 e. The number of hydrogen-bond acceptors (Lipinski definition) is 2. The summed E-state index contributed by atoms with van der Waals surface area (Å²) >= 11 is 0. The van der Waals surface area contributed by atoms with Crippen molar-refractivity contribution in [2.24, 2.45) is 11.8 Å². The summed E-state index contributed by atoms with van der Waals surface area (Å²) in [5.74, 6) is 1.59. The van der Waals surface area contributed by atoms with Crippen LogP contribution in [0.5, 0.6) is 0 Å². The van der Waals surface area contributed by atoms with Crippen molar-refractivity contribution in [1.29, 1.82) is 0 Å². The third-order valence-corrected chi connectivity index (χ3v) is 4.51. The molecule has 0 amide bonds. The van der Waals surface area contributed by atoms with E-state index in [-0.39, 0.29) is 0 Å². The molecule has 1 aliphatic heterocycles. The fourth-order valence-corrected chi connectivity index (χ4v) is 2.71. The van der Waals surface area contributed by atoms with Crippen molar-refractivity contribution in [3.63, 3.8) is 0 Å². The highest BCUT2D eigenvalue weighted by Crippen LogP contribution is 2.33. The van der Waals surface area contributed by atoms with Gasteiger partial charge < -0.3 is 5.32 Å². The van der Waals surface area contributed by atoms with Crippen molar-refractivity contribution in [2.45, 2.75) is 65.1 Å². The van der Waals surface area contributed by atoms with Crippen LogP contribution in [0.1, 0.15) is 47.0 Å². The van der Waals surface area contributed by atoms with Crippen molar-refractivity contribution in [2.75, 3.05) is 13.1 Å². The minimum absolute atomic E-state index is 0.747. The zero-order valence-corrected chi connectivity index (χ0v) is 11.4. The molecule has 0 aromatic heterocycles. The summed E-state index contributed by atoms with van der Waals surface area (Å²) in [5, 5.41) is 3.76. The fourth-order valence-electron chi connectivity index (χ4n) is 2.71. The van der Waals surface area contributed by atoms with E-state index < -0.39 is 0 Å². The first-order valence-corrected chi connectivity index (χ1v) is 7.07.